The molecule has 4 N–H and O–H groups in total. The number of rotatable bonds is 6. The van der Waals surface area contributed by atoms with Gasteiger partial charge in [-0.15, -0.1) is 0 Å². The predicted octanol–water partition coefficient (Wildman–Crippen LogP) is 2.61. The molecule has 3 atom stereocenters. The third kappa shape index (κ3) is 4.03. The molecule has 1 aromatic carbocycles. The SMILES string of the molecule is COc1cc(C(=O)N2CC3CCC2C3N)cc2nc(-c3cc4ccc(-c5c[nH]c(=O)[nH]c5=O)nc4n3CC3CC3)n(C)c12. The van der Waals surface area contributed by atoms with Gasteiger partial charge in [-0.1, -0.05) is 0 Å². The molecule has 1 saturated heterocycles. The number of nitrogens with one attached hydrogen (secondary N) is 2. The van der Waals surface area contributed by atoms with E-state index in [4.69, 9.17) is 20.4 Å². The average molecular weight is 581 g/mol. The van der Waals surface area contributed by atoms with Gasteiger partial charge in [-0.05, 0) is 67.9 Å². The number of aryl methyl sites for hydroxylation is 1. The number of likely N-dealkylation sites (tertiary alicyclic amines) is 1. The lowest BCUT2D eigenvalue weighted by atomic mass is 10.1. The maximum Gasteiger partial charge on any atom is 0.325 e. The molecule has 2 saturated carbocycles. The molecule has 4 aromatic heterocycles. The van der Waals surface area contributed by atoms with Gasteiger partial charge in [0.25, 0.3) is 11.5 Å². The van der Waals surface area contributed by atoms with Crippen molar-refractivity contribution in [2.24, 2.45) is 24.6 Å². The molecule has 5 aromatic rings. The first-order valence-electron chi connectivity index (χ1n) is 14.7. The van der Waals surface area contributed by atoms with E-state index in [0.29, 0.717) is 46.5 Å². The first-order valence-corrected chi connectivity index (χ1v) is 14.7. The van der Waals surface area contributed by atoms with Gasteiger partial charge >= 0.3 is 5.69 Å². The van der Waals surface area contributed by atoms with Crippen LogP contribution in [0.2, 0.25) is 0 Å². The number of nitrogens with two attached hydrogens (primary N) is 1. The van der Waals surface area contributed by atoms with E-state index in [2.05, 4.69) is 20.6 Å². The maximum absolute atomic E-state index is 13.7. The number of hydrogen-bond donors (Lipinski definition) is 3. The standard InChI is InChI=1S/C31H32N8O4/c1-37-26-21(9-18(11-24(26)43-2)30(41)39-14-17-6-8-22(39)25(17)32)35-28(37)23-10-16-5-7-20(19-12-33-31(42)36-29(19)40)34-27(16)38(23)13-15-3-4-15/h5,7,9-12,15,17,22,25H,3-4,6,8,13-14,32H2,1-2H3,(H2,33,36,40,42). The molecule has 0 spiro atoms. The summed E-state index contributed by atoms with van der Waals surface area (Å²) in [6.07, 6.45) is 5.70. The number of carbonyl (C=O) groups is 1. The summed E-state index contributed by atoms with van der Waals surface area (Å²) in [7, 11) is 3.56. The highest BCUT2D eigenvalue weighted by Crippen LogP contribution is 2.40. The zero-order valence-electron chi connectivity index (χ0n) is 24.0. The Bertz CT molecular complexity index is 2070. The lowest BCUT2D eigenvalue weighted by Crippen LogP contribution is -2.41. The number of aromatic nitrogens is 6. The Balaban J connectivity index is 1.25. The molecule has 43 heavy (non-hydrogen) atoms. The molecule has 5 heterocycles. The van der Waals surface area contributed by atoms with E-state index in [1.807, 2.05) is 34.7 Å². The molecule has 12 heteroatoms. The van der Waals surface area contributed by atoms with Crippen molar-refractivity contribution in [3.63, 3.8) is 0 Å². The number of piperidine rings is 1. The number of nitrogens with zero attached hydrogens (tertiary/aromatic N) is 5. The fourth-order valence-corrected chi connectivity index (χ4v) is 7.07. The van der Waals surface area contributed by atoms with Crippen molar-refractivity contribution in [2.45, 2.75) is 44.3 Å². The van der Waals surface area contributed by atoms with Gasteiger partial charge in [0.1, 0.15) is 16.9 Å². The van der Waals surface area contributed by atoms with E-state index in [0.717, 1.165) is 60.3 Å². The van der Waals surface area contributed by atoms with Crippen LogP contribution in [0.4, 0.5) is 0 Å². The van der Waals surface area contributed by atoms with Gasteiger partial charge in [0, 0.05) is 49.4 Å². The second kappa shape index (κ2) is 9.40. The number of ether oxygens (including phenoxy) is 1. The third-order valence-electron chi connectivity index (χ3n) is 9.52. The molecule has 3 unspecified atom stereocenters. The average Bonchev–Trinajstić information content (AvgIpc) is 3.41. The number of fused-ring (bicyclic) bond motifs is 4. The number of hydrogen-bond acceptors (Lipinski definition) is 7. The molecular weight excluding hydrogens is 548 g/mol. The van der Waals surface area contributed by atoms with Crippen molar-refractivity contribution in [3.05, 3.63) is 62.9 Å². The van der Waals surface area contributed by atoms with Crippen LogP contribution in [0.3, 0.4) is 0 Å². The van der Waals surface area contributed by atoms with Crippen molar-refractivity contribution < 1.29 is 9.53 Å². The Morgan fingerprint density at radius 2 is 1.95 bits per heavy atom. The summed E-state index contributed by atoms with van der Waals surface area (Å²) in [5, 5.41) is 0.913. The predicted molar refractivity (Wildman–Crippen MR) is 161 cm³/mol. The van der Waals surface area contributed by atoms with Crippen molar-refractivity contribution in [3.8, 4) is 28.5 Å². The van der Waals surface area contributed by atoms with Crippen molar-refractivity contribution >= 4 is 28.0 Å². The Morgan fingerprint density at radius 3 is 2.65 bits per heavy atom. The van der Waals surface area contributed by atoms with Crippen LogP contribution in [-0.2, 0) is 13.6 Å². The van der Waals surface area contributed by atoms with E-state index in [1.165, 1.54) is 6.20 Å². The fraction of sp³-hybridized carbons (Fsp3) is 0.387. The lowest BCUT2D eigenvalue weighted by Gasteiger charge is -2.27. The molecule has 220 valence electrons. The molecule has 8 rings (SSSR count). The summed E-state index contributed by atoms with van der Waals surface area (Å²) in [5.74, 6) is 2.17. The monoisotopic (exact) mass is 580 g/mol. The Kier molecular flexibility index (Phi) is 5.67. The summed E-state index contributed by atoms with van der Waals surface area (Å²) in [6.45, 7) is 1.46. The molecule has 2 aliphatic carbocycles. The van der Waals surface area contributed by atoms with Gasteiger partial charge in [-0.2, -0.15) is 0 Å². The van der Waals surface area contributed by atoms with E-state index in [-0.39, 0.29) is 18.0 Å². The largest absolute Gasteiger partial charge is 0.494 e. The van der Waals surface area contributed by atoms with E-state index >= 15 is 0 Å². The number of carbonyl (C=O) groups excluding carboxylic acids is 1. The zero-order chi connectivity index (χ0) is 29.6. The van der Waals surface area contributed by atoms with Crippen LogP contribution in [0.5, 0.6) is 5.75 Å². The number of H-pyrrole nitrogens is 2. The van der Waals surface area contributed by atoms with Gasteiger partial charge in [-0.25, -0.2) is 14.8 Å². The van der Waals surface area contributed by atoms with E-state index in [9.17, 15) is 14.4 Å². The van der Waals surface area contributed by atoms with Crippen LogP contribution >= 0.6 is 0 Å². The van der Waals surface area contributed by atoms with Gasteiger partial charge in [0.15, 0.2) is 5.82 Å². The highest BCUT2D eigenvalue weighted by molar-refractivity contribution is 6.00. The smallest absolute Gasteiger partial charge is 0.325 e. The number of aromatic amines is 2. The summed E-state index contributed by atoms with van der Waals surface area (Å²) >= 11 is 0. The summed E-state index contributed by atoms with van der Waals surface area (Å²) < 4.78 is 9.98. The first kappa shape index (κ1) is 26.0. The van der Waals surface area contributed by atoms with E-state index in [1.54, 1.807) is 13.2 Å². The third-order valence-corrected chi connectivity index (χ3v) is 9.52. The van der Waals surface area contributed by atoms with Crippen LogP contribution < -0.4 is 21.7 Å². The normalized spacial score (nSPS) is 21.4. The number of benzene rings is 1. The molecule has 3 aliphatic rings. The molecule has 3 fully saturated rings. The molecule has 1 amide bonds. The summed E-state index contributed by atoms with van der Waals surface area (Å²) in [4.78, 5) is 54.4. The van der Waals surface area contributed by atoms with Crippen molar-refractivity contribution in [2.75, 3.05) is 13.7 Å². The molecule has 12 nitrogen and oxygen atoms in total. The quantitative estimate of drug-likeness (QED) is 0.279. The zero-order valence-corrected chi connectivity index (χ0v) is 24.0. The highest BCUT2D eigenvalue weighted by atomic mass is 16.5. The summed E-state index contributed by atoms with van der Waals surface area (Å²) in [6, 6.07) is 9.57. The second-order valence-corrected chi connectivity index (χ2v) is 12.2. The number of imidazole rings is 1. The Morgan fingerprint density at radius 1 is 1.12 bits per heavy atom. The topological polar surface area (TPSA) is 157 Å². The maximum atomic E-state index is 13.7. The van der Waals surface area contributed by atoms with Crippen LogP contribution in [0.15, 0.2) is 46.1 Å². The minimum atomic E-state index is -0.562. The lowest BCUT2D eigenvalue weighted by molar-refractivity contribution is 0.0700. The number of methoxy groups -OCH3 is 1. The number of pyridine rings is 1. The second-order valence-electron chi connectivity index (χ2n) is 12.2. The molecule has 1 aliphatic heterocycles. The molecule has 0 radical (unpaired) electrons. The van der Waals surface area contributed by atoms with E-state index < -0.39 is 11.2 Å². The highest BCUT2D eigenvalue weighted by Gasteiger charge is 2.47. The first-order chi connectivity index (χ1) is 20.8. The molecule has 2 bridgehead atoms. The van der Waals surface area contributed by atoms with Gasteiger partial charge in [0.05, 0.1) is 29.6 Å². The minimum absolute atomic E-state index is 0.0353. The van der Waals surface area contributed by atoms with Crippen LogP contribution in [0.25, 0.3) is 44.8 Å². The van der Waals surface area contributed by atoms with Gasteiger partial charge < -0.3 is 29.5 Å². The minimum Gasteiger partial charge on any atom is -0.494 e. The Labute approximate surface area is 245 Å². The Hall–Kier alpha value is -4.71. The fourth-order valence-electron chi connectivity index (χ4n) is 7.07. The van der Waals surface area contributed by atoms with Gasteiger partial charge in [-0.3, -0.25) is 14.6 Å². The van der Waals surface area contributed by atoms with Crippen LogP contribution in [-0.4, -0.2) is 65.6 Å². The van der Waals surface area contributed by atoms with Crippen LogP contribution in [0.1, 0.15) is 36.0 Å². The van der Waals surface area contributed by atoms with Crippen molar-refractivity contribution in [1.29, 1.82) is 0 Å². The summed E-state index contributed by atoms with van der Waals surface area (Å²) in [5.41, 5.74) is 9.74. The van der Waals surface area contributed by atoms with Crippen LogP contribution in [0, 0.1) is 11.8 Å². The molecular formula is C31H32N8O4. The van der Waals surface area contributed by atoms with Gasteiger partial charge in [0.2, 0.25) is 0 Å². The van der Waals surface area contributed by atoms with Crippen molar-refractivity contribution in [1.82, 2.24) is 34.0 Å². The number of amides is 1.